The maximum Gasteiger partial charge on any atom is 0.418 e. The number of hydrogen-bond donors (Lipinski definition) is 2. The van der Waals surface area contributed by atoms with Gasteiger partial charge < -0.3 is 10.1 Å². The fraction of sp³-hybridized carbons (Fsp3) is 0.562. The van der Waals surface area contributed by atoms with Crippen LogP contribution < -0.4 is 10.6 Å². The van der Waals surface area contributed by atoms with E-state index >= 15 is 0 Å². The number of nitro groups is 1. The number of ether oxygens (including phenoxy) is 1. The molecule has 1 fully saturated rings. The van der Waals surface area contributed by atoms with E-state index in [4.69, 9.17) is 4.74 Å². The van der Waals surface area contributed by atoms with E-state index in [0.717, 1.165) is 18.9 Å². The summed E-state index contributed by atoms with van der Waals surface area (Å²) in [6.07, 6.45) is -3.93. The van der Waals surface area contributed by atoms with Gasteiger partial charge in [-0.15, -0.1) is 0 Å². The van der Waals surface area contributed by atoms with Crippen LogP contribution in [0.25, 0.3) is 0 Å². The molecule has 0 aliphatic heterocycles. The van der Waals surface area contributed by atoms with Gasteiger partial charge >= 0.3 is 12.3 Å². The standard InChI is InChI=1S/C16H20F3N3O4/c1-15(2,3)26-14(23)21-12-7-11(20-8-9-4-5-9)10(16(17,18)19)6-13(12)22(24)25/h6-7,9,20H,4-5,8H2,1-3H3,(H,21,23). The lowest BCUT2D eigenvalue weighted by Crippen LogP contribution is -2.27. The number of rotatable bonds is 5. The monoisotopic (exact) mass is 375 g/mol. The van der Waals surface area contributed by atoms with Crippen LogP contribution in [-0.2, 0) is 10.9 Å². The third kappa shape index (κ3) is 5.50. The first kappa shape index (κ1) is 19.8. The van der Waals surface area contributed by atoms with Crippen LogP contribution in [0.5, 0.6) is 0 Å². The Bertz CT molecular complexity index is 710. The van der Waals surface area contributed by atoms with Crippen molar-refractivity contribution in [3.8, 4) is 0 Å². The summed E-state index contributed by atoms with van der Waals surface area (Å²) in [6, 6.07) is 1.34. The third-order valence-electron chi connectivity index (χ3n) is 3.55. The molecule has 1 saturated carbocycles. The molecule has 0 unspecified atom stereocenters. The molecule has 2 rings (SSSR count). The van der Waals surface area contributed by atoms with Crippen LogP contribution in [0.2, 0.25) is 0 Å². The van der Waals surface area contributed by atoms with Crippen molar-refractivity contribution in [2.24, 2.45) is 5.92 Å². The lowest BCUT2D eigenvalue weighted by atomic mass is 10.1. The Labute approximate surface area is 148 Å². The van der Waals surface area contributed by atoms with Crippen molar-refractivity contribution in [3.63, 3.8) is 0 Å². The summed E-state index contributed by atoms with van der Waals surface area (Å²) in [7, 11) is 0. The normalized spacial score (nSPS) is 14.7. The average Bonchev–Trinajstić information content (AvgIpc) is 3.25. The molecule has 26 heavy (non-hydrogen) atoms. The number of amides is 1. The van der Waals surface area contributed by atoms with Crippen molar-refractivity contribution >= 4 is 23.2 Å². The van der Waals surface area contributed by atoms with Crippen molar-refractivity contribution < 1.29 is 27.6 Å². The summed E-state index contributed by atoms with van der Waals surface area (Å²) in [4.78, 5) is 22.1. The minimum absolute atomic E-state index is 0.286. The van der Waals surface area contributed by atoms with Crippen molar-refractivity contribution in [2.45, 2.75) is 45.4 Å². The Kier molecular flexibility index (Phi) is 5.33. The quantitative estimate of drug-likeness (QED) is 0.570. The molecule has 1 aromatic carbocycles. The van der Waals surface area contributed by atoms with E-state index < -0.39 is 34.0 Å². The highest BCUT2D eigenvalue weighted by atomic mass is 19.4. The largest absolute Gasteiger partial charge is 0.444 e. The summed E-state index contributed by atoms with van der Waals surface area (Å²) in [5, 5.41) is 16.0. The van der Waals surface area contributed by atoms with Gasteiger partial charge in [-0.2, -0.15) is 13.2 Å². The first-order chi connectivity index (χ1) is 11.9. The lowest BCUT2D eigenvalue weighted by Gasteiger charge is -2.20. The third-order valence-corrected chi connectivity index (χ3v) is 3.55. The molecular formula is C16H20F3N3O4. The zero-order valence-corrected chi connectivity index (χ0v) is 14.6. The number of nitro benzene ring substituents is 1. The van der Waals surface area contributed by atoms with Gasteiger partial charge in [-0.25, -0.2) is 4.79 Å². The topological polar surface area (TPSA) is 93.5 Å². The SMILES string of the molecule is CC(C)(C)OC(=O)Nc1cc(NCC2CC2)c(C(F)(F)F)cc1[N+](=O)[O-]. The van der Waals surface area contributed by atoms with Gasteiger partial charge in [0.25, 0.3) is 5.69 Å². The van der Waals surface area contributed by atoms with Crippen LogP contribution in [0.4, 0.5) is 35.0 Å². The second-order valence-corrected chi connectivity index (χ2v) is 7.12. The zero-order chi connectivity index (χ0) is 19.7. The summed E-state index contributed by atoms with van der Waals surface area (Å²) in [5.41, 5.74) is -3.56. The Balaban J connectivity index is 2.39. The first-order valence-corrected chi connectivity index (χ1v) is 8.00. The molecule has 2 N–H and O–H groups in total. The molecule has 0 spiro atoms. The molecule has 0 bridgehead atoms. The van der Waals surface area contributed by atoms with Crippen LogP contribution in [0.3, 0.4) is 0 Å². The molecule has 0 heterocycles. The number of alkyl halides is 3. The fourth-order valence-corrected chi connectivity index (χ4v) is 2.21. The number of halogens is 3. The Morgan fingerprint density at radius 2 is 1.88 bits per heavy atom. The number of nitrogens with zero attached hydrogens (tertiary/aromatic N) is 1. The second-order valence-electron chi connectivity index (χ2n) is 7.12. The predicted octanol–water partition coefficient (Wildman–Crippen LogP) is 4.78. The van der Waals surface area contributed by atoms with E-state index in [9.17, 15) is 28.1 Å². The Hall–Kier alpha value is -2.52. The van der Waals surface area contributed by atoms with Gasteiger partial charge in [0.05, 0.1) is 10.5 Å². The smallest absolute Gasteiger partial charge is 0.418 e. The highest BCUT2D eigenvalue weighted by Gasteiger charge is 2.37. The molecule has 1 amide bonds. The van der Waals surface area contributed by atoms with Crippen molar-refractivity contribution in [1.29, 1.82) is 0 Å². The number of anilines is 2. The molecule has 0 atom stereocenters. The van der Waals surface area contributed by atoms with Crippen LogP contribution in [0.15, 0.2) is 12.1 Å². The summed E-state index contributed by atoms with van der Waals surface area (Å²) in [6.45, 7) is 5.11. The second kappa shape index (κ2) is 7.00. The fourth-order valence-electron chi connectivity index (χ4n) is 2.21. The highest BCUT2D eigenvalue weighted by molar-refractivity contribution is 5.89. The minimum Gasteiger partial charge on any atom is -0.444 e. The maximum atomic E-state index is 13.3. The van der Waals surface area contributed by atoms with Crippen LogP contribution in [-0.4, -0.2) is 23.2 Å². The van der Waals surface area contributed by atoms with Gasteiger partial charge in [-0.05, 0) is 45.6 Å². The van der Waals surface area contributed by atoms with E-state index in [2.05, 4.69) is 10.6 Å². The number of benzene rings is 1. The van der Waals surface area contributed by atoms with Gasteiger partial charge in [0, 0.05) is 18.3 Å². The minimum atomic E-state index is -4.78. The predicted molar refractivity (Wildman–Crippen MR) is 89.2 cm³/mol. The molecule has 1 aromatic rings. The molecular weight excluding hydrogens is 355 g/mol. The van der Waals surface area contributed by atoms with E-state index in [1.54, 1.807) is 20.8 Å². The Morgan fingerprint density at radius 1 is 1.27 bits per heavy atom. The van der Waals surface area contributed by atoms with Crippen molar-refractivity contribution in [3.05, 3.63) is 27.8 Å². The lowest BCUT2D eigenvalue weighted by molar-refractivity contribution is -0.384. The molecule has 0 aromatic heterocycles. The number of carbonyl (C=O) groups is 1. The molecule has 1 aliphatic carbocycles. The van der Waals surface area contributed by atoms with E-state index in [1.165, 1.54) is 0 Å². The maximum absolute atomic E-state index is 13.3. The summed E-state index contributed by atoms with van der Waals surface area (Å²) >= 11 is 0. The molecule has 0 radical (unpaired) electrons. The first-order valence-electron chi connectivity index (χ1n) is 8.00. The van der Waals surface area contributed by atoms with Crippen molar-refractivity contribution in [1.82, 2.24) is 0 Å². The van der Waals surface area contributed by atoms with Gasteiger partial charge in [0.15, 0.2) is 0 Å². The molecule has 7 nitrogen and oxygen atoms in total. The molecule has 1 aliphatic rings. The van der Waals surface area contributed by atoms with Crippen LogP contribution in [0.1, 0.15) is 39.2 Å². The molecule has 0 saturated heterocycles. The average molecular weight is 375 g/mol. The van der Waals surface area contributed by atoms with E-state index in [-0.39, 0.29) is 17.3 Å². The molecule has 144 valence electrons. The Morgan fingerprint density at radius 3 is 2.35 bits per heavy atom. The van der Waals surface area contributed by atoms with Gasteiger partial charge in [-0.3, -0.25) is 15.4 Å². The van der Waals surface area contributed by atoms with Crippen LogP contribution in [0, 0.1) is 16.0 Å². The summed E-state index contributed by atoms with van der Waals surface area (Å²) < 4.78 is 44.8. The zero-order valence-electron chi connectivity index (χ0n) is 14.6. The van der Waals surface area contributed by atoms with Crippen LogP contribution >= 0.6 is 0 Å². The highest BCUT2D eigenvalue weighted by Crippen LogP contribution is 2.41. The van der Waals surface area contributed by atoms with Gasteiger partial charge in [0.2, 0.25) is 0 Å². The number of carbonyl (C=O) groups excluding carboxylic acids is 1. The number of nitrogens with one attached hydrogen (secondary N) is 2. The van der Waals surface area contributed by atoms with Crippen molar-refractivity contribution in [2.75, 3.05) is 17.2 Å². The van der Waals surface area contributed by atoms with Gasteiger partial charge in [-0.1, -0.05) is 0 Å². The van der Waals surface area contributed by atoms with E-state index in [1.807, 2.05) is 0 Å². The van der Waals surface area contributed by atoms with E-state index in [0.29, 0.717) is 12.6 Å². The van der Waals surface area contributed by atoms with Gasteiger partial charge in [0.1, 0.15) is 11.3 Å². The molecule has 10 heteroatoms. The summed E-state index contributed by atoms with van der Waals surface area (Å²) in [5.74, 6) is 0.286. The number of hydrogen-bond acceptors (Lipinski definition) is 5.